The summed E-state index contributed by atoms with van der Waals surface area (Å²) in [6.07, 6.45) is -4.82. The van der Waals surface area contributed by atoms with Crippen LogP contribution in [0.1, 0.15) is 27.5 Å². The zero-order valence-corrected chi connectivity index (χ0v) is 17.8. The van der Waals surface area contributed by atoms with Crippen LogP contribution in [0.2, 0.25) is 0 Å². The molecule has 2 heterocycles. The Hall–Kier alpha value is -3.11. The number of hydrogen-bond donors (Lipinski definition) is 1. The van der Waals surface area contributed by atoms with Crippen LogP contribution in [-0.2, 0) is 15.7 Å². The van der Waals surface area contributed by atoms with Gasteiger partial charge in [0.05, 0.1) is 31.4 Å². The molecule has 2 aliphatic rings. The number of carbonyl (C=O) groups is 2. The Morgan fingerprint density at radius 2 is 1.64 bits per heavy atom. The van der Waals surface area contributed by atoms with Crippen LogP contribution >= 0.6 is 0 Å². The third-order valence-electron chi connectivity index (χ3n) is 5.77. The summed E-state index contributed by atoms with van der Waals surface area (Å²) < 4.78 is 49.2. The van der Waals surface area contributed by atoms with E-state index in [-0.39, 0.29) is 18.5 Å². The minimum atomic E-state index is -4.40. The second kappa shape index (κ2) is 9.80. The number of halogens is 3. The lowest BCUT2D eigenvalue weighted by atomic mass is 10.0. The lowest BCUT2D eigenvalue weighted by Gasteiger charge is -2.35. The molecule has 7 nitrogen and oxygen atoms in total. The molecule has 0 aromatic heterocycles. The van der Waals surface area contributed by atoms with Gasteiger partial charge in [0.15, 0.2) is 0 Å². The van der Waals surface area contributed by atoms with E-state index in [2.05, 4.69) is 10.2 Å². The normalized spacial score (nSPS) is 18.2. The van der Waals surface area contributed by atoms with Gasteiger partial charge in [-0.2, -0.15) is 13.2 Å². The summed E-state index contributed by atoms with van der Waals surface area (Å²) in [5.74, 6) is -0.310. The van der Waals surface area contributed by atoms with Crippen LogP contribution in [0.3, 0.4) is 0 Å². The van der Waals surface area contributed by atoms with Crippen molar-refractivity contribution in [3.8, 4) is 0 Å². The molecule has 1 atom stereocenters. The third kappa shape index (κ3) is 5.45. The summed E-state index contributed by atoms with van der Waals surface area (Å²) in [6, 6.07) is 11.3. The highest BCUT2D eigenvalue weighted by Crippen LogP contribution is 2.31. The highest BCUT2D eigenvalue weighted by atomic mass is 19.4. The molecular weight excluding hydrogens is 439 g/mol. The van der Waals surface area contributed by atoms with E-state index in [0.717, 1.165) is 12.1 Å². The zero-order chi connectivity index (χ0) is 23.4. The van der Waals surface area contributed by atoms with Gasteiger partial charge < -0.3 is 14.8 Å². The summed E-state index contributed by atoms with van der Waals surface area (Å²) >= 11 is 0. The Kier molecular flexibility index (Phi) is 6.85. The molecular formula is C23H24F3N3O4. The fourth-order valence-corrected chi connectivity index (χ4v) is 3.95. The van der Waals surface area contributed by atoms with E-state index < -0.39 is 17.8 Å². The van der Waals surface area contributed by atoms with Crippen molar-refractivity contribution >= 4 is 17.7 Å². The van der Waals surface area contributed by atoms with Crippen molar-refractivity contribution in [3.05, 3.63) is 65.2 Å². The molecule has 2 saturated heterocycles. The maximum absolute atomic E-state index is 13.0. The first-order chi connectivity index (χ1) is 15.8. The second-order valence-electron chi connectivity index (χ2n) is 7.81. The van der Waals surface area contributed by atoms with Crippen molar-refractivity contribution in [1.29, 1.82) is 0 Å². The van der Waals surface area contributed by atoms with Crippen LogP contribution in [0, 0.1) is 0 Å². The van der Waals surface area contributed by atoms with E-state index in [4.69, 9.17) is 9.47 Å². The quantitative estimate of drug-likeness (QED) is 0.711. The van der Waals surface area contributed by atoms with Gasteiger partial charge in [-0.1, -0.05) is 12.1 Å². The van der Waals surface area contributed by atoms with Crippen molar-refractivity contribution in [3.63, 3.8) is 0 Å². The molecule has 2 amide bonds. The van der Waals surface area contributed by atoms with E-state index in [1.807, 2.05) is 0 Å². The molecule has 2 aromatic carbocycles. The maximum atomic E-state index is 13.0. The topological polar surface area (TPSA) is 71.1 Å². The van der Waals surface area contributed by atoms with Crippen LogP contribution in [-0.4, -0.2) is 62.9 Å². The van der Waals surface area contributed by atoms with Gasteiger partial charge in [-0.25, -0.2) is 4.79 Å². The maximum Gasteiger partial charge on any atom is 0.416 e. The Balaban J connectivity index is 1.45. The predicted octanol–water partition coefficient (Wildman–Crippen LogP) is 3.47. The fraction of sp³-hybridized carbons (Fsp3) is 0.391. The van der Waals surface area contributed by atoms with Gasteiger partial charge in [0.25, 0.3) is 5.91 Å². The molecule has 2 aromatic rings. The fourth-order valence-electron chi connectivity index (χ4n) is 3.95. The number of ether oxygens (including phenoxy) is 2. The van der Waals surface area contributed by atoms with Crippen LogP contribution < -0.4 is 10.2 Å². The van der Waals surface area contributed by atoms with Crippen molar-refractivity contribution in [1.82, 2.24) is 10.2 Å². The Morgan fingerprint density at radius 1 is 0.970 bits per heavy atom. The average molecular weight is 463 g/mol. The minimum Gasteiger partial charge on any atom is -0.447 e. The first-order valence-corrected chi connectivity index (χ1v) is 10.6. The summed E-state index contributed by atoms with van der Waals surface area (Å²) in [6.45, 7) is 3.28. The van der Waals surface area contributed by atoms with E-state index >= 15 is 0 Å². The van der Waals surface area contributed by atoms with Gasteiger partial charge in [-0.15, -0.1) is 0 Å². The largest absolute Gasteiger partial charge is 0.447 e. The van der Waals surface area contributed by atoms with Gasteiger partial charge in [0.2, 0.25) is 0 Å². The number of anilines is 1. The molecule has 1 N–H and O–H groups in total. The standard InChI is InChI=1S/C23H24F3N3O4/c24-23(25,26)18-5-1-16(2-6-18)20(28-9-12-32-13-10-28)15-27-21(30)17-3-7-19(8-4-17)29-11-14-33-22(29)31/h1-8,20H,9-15H2,(H,27,30). The number of carbonyl (C=O) groups excluding carboxylic acids is 2. The number of nitrogens with one attached hydrogen (secondary N) is 1. The highest BCUT2D eigenvalue weighted by molar-refractivity contribution is 5.95. The predicted molar refractivity (Wildman–Crippen MR) is 114 cm³/mol. The number of amides is 2. The minimum absolute atomic E-state index is 0.227. The Labute approximate surface area is 189 Å². The molecule has 0 radical (unpaired) electrons. The first kappa shape index (κ1) is 23.1. The molecule has 4 rings (SSSR count). The van der Waals surface area contributed by atoms with E-state index in [1.54, 1.807) is 24.3 Å². The van der Waals surface area contributed by atoms with Gasteiger partial charge >= 0.3 is 12.3 Å². The van der Waals surface area contributed by atoms with Crippen molar-refractivity contribution in [2.45, 2.75) is 12.2 Å². The average Bonchev–Trinajstić information content (AvgIpc) is 3.25. The number of alkyl halides is 3. The van der Waals surface area contributed by atoms with Crippen molar-refractivity contribution in [2.75, 3.05) is 50.9 Å². The van der Waals surface area contributed by atoms with E-state index in [1.165, 1.54) is 17.0 Å². The number of cyclic esters (lactones) is 1. The third-order valence-corrected chi connectivity index (χ3v) is 5.77. The number of benzene rings is 2. The monoisotopic (exact) mass is 463 g/mol. The highest BCUT2D eigenvalue weighted by Gasteiger charge is 2.31. The molecule has 1 unspecified atom stereocenters. The van der Waals surface area contributed by atoms with Crippen molar-refractivity contribution < 1.29 is 32.2 Å². The molecule has 10 heteroatoms. The SMILES string of the molecule is O=C(NCC(c1ccc(C(F)(F)F)cc1)N1CCOCC1)c1ccc(N2CCOC2=O)cc1. The van der Waals surface area contributed by atoms with Crippen LogP contribution in [0.15, 0.2) is 48.5 Å². The van der Waals surface area contributed by atoms with E-state index in [0.29, 0.717) is 56.3 Å². The summed E-state index contributed by atoms with van der Waals surface area (Å²) in [5.41, 5.74) is 1.04. The van der Waals surface area contributed by atoms with Gasteiger partial charge in [0, 0.05) is 30.9 Å². The lowest BCUT2D eigenvalue weighted by Crippen LogP contribution is -2.43. The number of morpholine rings is 1. The molecule has 2 fully saturated rings. The van der Waals surface area contributed by atoms with Gasteiger partial charge in [-0.3, -0.25) is 14.6 Å². The van der Waals surface area contributed by atoms with Crippen molar-refractivity contribution in [2.24, 2.45) is 0 Å². The van der Waals surface area contributed by atoms with Crippen LogP contribution in [0.4, 0.5) is 23.7 Å². The summed E-state index contributed by atoms with van der Waals surface area (Å²) in [4.78, 5) is 28.0. The lowest BCUT2D eigenvalue weighted by molar-refractivity contribution is -0.137. The van der Waals surface area contributed by atoms with Gasteiger partial charge in [0.1, 0.15) is 6.61 Å². The Morgan fingerprint density at radius 3 is 2.21 bits per heavy atom. The molecule has 0 saturated carbocycles. The zero-order valence-electron chi connectivity index (χ0n) is 17.8. The molecule has 0 spiro atoms. The second-order valence-corrected chi connectivity index (χ2v) is 7.81. The molecule has 0 bridgehead atoms. The Bertz CT molecular complexity index is 974. The molecule has 0 aliphatic carbocycles. The van der Waals surface area contributed by atoms with E-state index in [9.17, 15) is 22.8 Å². The number of rotatable bonds is 6. The molecule has 2 aliphatic heterocycles. The summed E-state index contributed by atoms with van der Waals surface area (Å²) in [5, 5.41) is 2.89. The molecule has 176 valence electrons. The van der Waals surface area contributed by atoms with Crippen LogP contribution in [0.25, 0.3) is 0 Å². The first-order valence-electron chi connectivity index (χ1n) is 10.6. The summed E-state index contributed by atoms with van der Waals surface area (Å²) in [7, 11) is 0. The molecule has 33 heavy (non-hydrogen) atoms. The smallest absolute Gasteiger partial charge is 0.416 e. The number of nitrogens with zero attached hydrogens (tertiary/aromatic N) is 2. The van der Waals surface area contributed by atoms with Gasteiger partial charge in [-0.05, 0) is 42.0 Å². The number of hydrogen-bond acceptors (Lipinski definition) is 5. The van der Waals surface area contributed by atoms with Crippen LogP contribution in [0.5, 0.6) is 0 Å².